The lowest BCUT2D eigenvalue weighted by atomic mass is 9.94. The molecule has 7 aromatic carbocycles. The number of hydrogen-bond donors (Lipinski definition) is 0. The molecule has 3 heterocycles. The number of fused-ring (bicyclic) bond motifs is 6. The molecule has 0 aliphatic carbocycles. The van der Waals surface area contributed by atoms with Crippen molar-refractivity contribution in [2.75, 3.05) is 0 Å². The molecule has 234 valence electrons. The fourth-order valence-electron chi connectivity index (χ4n) is 7.10. The molecule has 0 N–H and O–H groups in total. The summed E-state index contributed by atoms with van der Waals surface area (Å²) in [6, 6.07) is 59.7. The number of thiophene rings is 1. The highest BCUT2D eigenvalue weighted by Crippen LogP contribution is 2.42. The molecule has 50 heavy (non-hydrogen) atoms. The first-order chi connectivity index (χ1) is 24.8. The maximum atomic E-state index is 6.47. The van der Waals surface area contributed by atoms with Crippen molar-refractivity contribution in [1.29, 1.82) is 0 Å². The van der Waals surface area contributed by atoms with Crippen molar-refractivity contribution in [3.05, 3.63) is 170 Å². The summed E-state index contributed by atoms with van der Waals surface area (Å²) < 4.78 is 9.05. The molecular weight excluding hydrogens is 629 g/mol. The molecule has 0 radical (unpaired) electrons. The lowest BCUT2D eigenvalue weighted by molar-refractivity contribution is 0.669. The van der Waals surface area contributed by atoms with Crippen molar-refractivity contribution in [3.8, 4) is 56.2 Å². The Labute approximate surface area is 292 Å². The van der Waals surface area contributed by atoms with Crippen LogP contribution in [0.5, 0.6) is 0 Å². The number of furan rings is 1. The average Bonchev–Trinajstić information content (AvgIpc) is 3.77. The van der Waals surface area contributed by atoms with E-state index in [4.69, 9.17) is 14.4 Å². The van der Waals surface area contributed by atoms with E-state index in [2.05, 4.69) is 146 Å². The number of rotatable bonds is 5. The van der Waals surface area contributed by atoms with Gasteiger partial charge in [0.25, 0.3) is 0 Å². The van der Waals surface area contributed by atoms with Gasteiger partial charge in [0.1, 0.15) is 11.2 Å². The van der Waals surface area contributed by atoms with Crippen LogP contribution in [-0.4, -0.2) is 9.97 Å². The molecule has 0 saturated heterocycles. The first-order valence-corrected chi connectivity index (χ1v) is 17.6. The first kappa shape index (κ1) is 28.6. The Morgan fingerprint density at radius 1 is 0.400 bits per heavy atom. The Bertz CT molecular complexity index is 2670. The minimum Gasteiger partial charge on any atom is -0.455 e. The van der Waals surface area contributed by atoms with E-state index in [1.165, 1.54) is 25.7 Å². The fourth-order valence-corrected chi connectivity index (χ4v) is 8.34. The van der Waals surface area contributed by atoms with Crippen LogP contribution in [0.4, 0.5) is 0 Å². The zero-order valence-electron chi connectivity index (χ0n) is 26.9. The first-order valence-electron chi connectivity index (χ1n) is 16.7. The molecule has 4 heteroatoms. The van der Waals surface area contributed by atoms with Crippen LogP contribution in [0.25, 0.3) is 98.3 Å². The van der Waals surface area contributed by atoms with E-state index < -0.39 is 0 Å². The third-order valence-electron chi connectivity index (χ3n) is 9.49. The molecule has 3 aromatic heterocycles. The largest absolute Gasteiger partial charge is 0.455 e. The zero-order chi connectivity index (χ0) is 33.0. The Kier molecular flexibility index (Phi) is 6.68. The van der Waals surface area contributed by atoms with Crippen molar-refractivity contribution in [3.63, 3.8) is 0 Å². The quantitative estimate of drug-likeness (QED) is 0.185. The topological polar surface area (TPSA) is 38.9 Å². The maximum absolute atomic E-state index is 6.47. The van der Waals surface area contributed by atoms with Crippen LogP contribution in [0.1, 0.15) is 0 Å². The molecule has 0 atom stereocenters. The molecule has 0 spiro atoms. The summed E-state index contributed by atoms with van der Waals surface area (Å²) in [7, 11) is 0. The number of aromatic nitrogens is 2. The van der Waals surface area contributed by atoms with Crippen LogP contribution in [0.15, 0.2) is 174 Å². The van der Waals surface area contributed by atoms with Crippen molar-refractivity contribution < 1.29 is 4.42 Å². The van der Waals surface area contributed by atoms with Gasteiger partial charge in [-0.3, -0.25) is 0 Å². The average molecular weight is 657 g/mol. The number of hydrogen-bond acceptors (Lipinski definition) is 4. The molecule has 0 fully saturated rings. The second-order valence-electron chi connectivity index (χ2n) is 12.6. The molecule has 0 amide bonds. The second-order valence-corrected chi connectivity index (χ2v) is 13.6. The Balaban J connectivity index is 1.23. The maximum Gasteiger partial charge on any atom is 0.164 e. The highest BCUT2D eigenvalue weighted by atomic mass is 32.1. The lowest BCUT2D eigenvalue weighted by Crippen LogP contribution is -1.97. The predicted octanol–water partition coefficient (Wildman–Crippen LogP) is 13.1. The monoisotopic (exact) mass is 656 g/mol. The second kappa shape index (κ2) is 11.7. The number of nitrogens with zero attached hydrogens (tertiary/aromatic N) is 2. The van der Waals surface area contributed by atoms with Crippen LogP contribution >= 0.6 is 11.3 Å². The predicted molar refractivity (Wildman–Crippen MR) is 209 cm³/mol. The van der Waals surface area contributed by atoms with Gasteiger partial charge in [-0.05, 0) is 64.7 Å². The summed E-state index contributed by atoms with van der Waals surface area (Å²) in [5, 5.41) is 4.71. The Morgan fingerprint density at radius 3 is 1.82 bits per heavy atom. The van der Waals surface area contributed by atoms with Gasteiger partial charge in [-0.15, -0.1) is 11.3 Å². The summed E-state index contributed by atoms with van der Waals surface area (Å²) in [5.41, 5.74) is 10.9. The van der Waals surface area contributed by atoms with Gasteiger partial charge in [0, 0.05) is 42.1 Å². The molecule has 0 bridgehead atoms. The van der Waals surface area contributed by atoms with E-state index in [-0.39, 0.29) is 0 Å². The van der Waals surface area contributed by atoms with E-state index in [0.29, 0.717) is 5.82 Å². The molecule has 10 aromatic rings. The van der Waals surface area contributed by atoms with Crippen LogP contribution in [0, 0.1) is 0 Å². The van der Waals surface area contributed by atoms with Gasteiger partial charge in [0.05, 0.1) is 17.0 Å². The van der Waals surface area contributed by atoms with Crippen LogP contribution in [0.3, 0.4) is 0 Å². The fraction of sp³-hybridized carbons (Fsp3) is 0. The van der Waals surface area contributed by atoms with Gasteiger partial charge in [-0.25, -0.2) is 9.97 Å². The van der Waals surface area contributed by atoms with Gasteiger partial charge in [0.15, 0.2) is 5.82 Å². The molecule has 0 aliphatic rings. The number of benzene rings is 7. The Hall–Kier alpha value is -6.36. The van der Waals surface area contributed by atoms with E-state index in [9.17, 15) is 0 Å². The van der Waals surface area contributed by atoms with E-state index in [0.717, 1.165) is 66.7 Å². The Morgan fingerprint density at radius 2 is 1.00 bits per heavy atom. The van der Waals surface area contributed by atoms with Crippen molar-refractivity contribution >= 4 is 53.4 Å². The van der Waals surface area contributed by atoms with Gasteiger partial charge in [0.2, 0.25) is 0 Å². The summed E-state index contributed by atoms with van der Waals surface area (Å²) in [4.78, 5) is 10.5. The highest BCUT2D eigenvalue weighted by molar-refractivity contribution is 7.26. The third kappa shape index (κ3) is 4.80. The van der Waals surface area contributed by atoms with Crippen LogP contribution in [0.2, 0.25) is 0 Å². The molecule has 0 unspecified atom stereocenters. The van der Waals surface area contributed by atoms with Crippen molar-refractivity contribution in [1.82, 2.24) is 9.97 Å². The molecular formula is C46H28N2OS. The van der Waals surface area contributed by atoms with E-state index in [1.54, 1.807) is 0 Å². The molecule has 0 aliphatic heterocycles. The van der Waals surface area contributed by atoms with Gasteiger partial charge < -0.3 is 4.42 Å². The molecule has 0 saturated carbocycles. The highest BCUT2D eigenvalue weighted by Gasteiger charge is 2.18. The van der Waals surface area contributed by atoms with Crippen LogP contribution < -0.4 is 0 Å². The smallest absolute Gasteiger partial charge is 0.164 e. The third-order valence-corrected chi connectivity index (χ3v) is 10.7. The standard InChI is InChI=1S/C46H28N2OS/c1-3-13-29(14-4-1)31-25-32(34-19-11-21-38-36-18-8-10-24-43(36)50-45(34)38)27-33(26-31)41-28-40(30-15-5-2-6-16-30)47-46(48-41)39-22-12-20-37-35-17-7-9-23-42(35)49-44(37)39/h1-28H. The summed E-state index contributed by atoms with van der Waals surface area (Å²) in [6.07, 6.45) is 0. The summed E-state index contributed by atoms with van der Waals surface area (Å²) in [5.74, 6) is 0.629. The van der Waals surface area contributed by atoms with Gasteiger partial charge in [-0.2, -0.15) is 0 Å². The zero-order valence-corrected chi connectivity index (χ0v) is 27.7. The van der Waals surface area contributed by atoms with E-state index in [1.807, 2.05) is 35.6 Å². The number of para-hydroxylation sites is 2. The van der Waals surface area contributed by atoms with Crippen molar-refractivity contribution in [2.24, 2.45) is 0 Å². The minimum absolute atomic E-state index is 0.629. The summed E-state index contributed by atoms with van der Waals surface area (Å²) in [6.45, 7) is 0. The van der Waals surface area contributed by atoms with Gasteiger partial charge in [-0.1, -0.05) is 127 Å². The van der Waals surface area contributed by atoms with E-state index >= 15 is 0 Å². The minimum atomic E-state index is 0.629. The van der Waals surface area contributed by atoms with Gasteiger partial charge >= 0.3 is 0 Å². The normalized spacial score (nSPS) is 11.6. The molecule has 10 rings (SSSR count). The lowest BCUT2D eigenvalue weighted by Gasteiger charge is -2.14. The van der Waals surface area contributed by atoms with Crippen molar-refractivity contribution in [2.45, 2.75) is 0 Å². The van der Waals surface area contributed by atoms with Crippen LogP contribution in [-0.2, 0) is 0 Å². The summed E-state index contributed by atoms with van der Waals surface area (Å²) >= 11 is 1.85. The molecule has 3 nitrogen and oxygen atoms in total. The SMILES string of the molecule is c1ccc(-c2cc(-c3cc(-c4ccccc4)nc(-c4cccc5c4oc4ccccc45)n3)cc(-c3cccc4c3sc3ccccc34)c2)cc1.